The lowest BCUT2D eigenvalue weighted by atomic mass is 10.1. The summed E-state index contributed by atoms with van der Waals surface area (Å²) in [6, 6.07) is 1.92. The van der Waals surface area contributed by atoms with Crippen molar-refractivity contribution >= 4 is 17.6 Å². The minimum absolute atomic E-state index is 0.111. The van der Waals surface area contributed by atoms with Crippen molar-refractivity contribution in [2.24, 2.45) is 10.9 Å². The molecule has 0 saturated carbocycles. The summed E-state index contributed by atoms with van der Waals surface area (Å²) in [6.07, 6.45) is 1.96. The molecule has 5 heteroatoms. The van der Waals surface area contributed by atoms with Crippen LogP contribution >= 0.6 is 11.8 Å². The molecule has 0 radical (unpaired) electrons. The molecule has 1 rings (SSSR count). The monoisotopic (exact) mass is 211 g/mol. The molecule has 76 valence electrons. The minimum Gasteiger partial charge on any atom is -0.409 e. The predicted octanol–water partition coefficient (Wildman–Crippen LogP) is 1.51. The van der Waals surface area contributed by atoms with E-state index in [-0.39, 0.29) is 5.84 Å². The van der Waals surface area contributed by atoms with E-state index < -0.39 is 0 Å². The van der Waals surface area contributed by atoms with Crippen molar-refractivity contribution < 1.29 is 5.21 Å². The zero-order chi connectivity index (χ0) is 10.7. The van der Waals surface area contributed by atoms with Gasteiger partial charge in [0, 0.05) is 11.3 Å². The maximum absolute atomic E-state index is 8.59. The second-order valence-corrected chi connectivity index (χ2v) is 3.75. The summed E-state index contributed by atoms with van der Waals surface area (Å²) in [7, 11) is 0. The Balaban J connectivity index is 3.32. The Hall–Kier alpha value is -1.23. The molecule has 0 bridgehead atoms. The second-order valence-electron chi connectivity index (χ2n) is 2.93. The van der Waals surface area contributed by atoms with Crippen LogP contribution in [0, 0.1) is 13.8 Å². The van der Waals surface area contributed by atoms with Gasteiger partial charge in [-0.15, -0.1) is 11.8 Å². The summed E-state index contributed by atoms with van der Waals surface area (Å²) >= 11 is 1.57. The Kier molecular flexibility index (Phi) is 3.35. The van der Waals surface area contributed by atoms with E-state index in [1.54, 1.807) is 11.8 Å². The molecule has 0 aromatic carbocycles. The van der Waals surface area contributed by atoms with E-state index in [1.807, 2.05) is 26.2 Å². The molecule has 1 heterocycles. The molecule has 0 aliphatic heterocycles. The number of nitrogens with two attached hydrogens (primary N) is 1. The minimum atomic E-state index is 0.111. The van der Waals surface area contributed by atoms with Gasteiger partial charge < -0.3 is 10.9 Å². The van der Waals surface area contributed by atoms with E-state index in [4.69, 9.17) is 10.9 Å². The van der Waals surface area contributed by atoms with Crippen molar-refractivity contribution in [2.75, 3.05) is 6.26 Å². The predicted molar refractivity (Wildman–Crippen MR) is 58.0 cm³/mol. The fraction of sp³-hybridized carbons (Fsp3) is 0.333. The Labute approximate surface area is 87.2 Å². The van der Waals surface area contributed by atoms with Gasteiger partial charge in [0.2, 0.25) is 0 Å². The molecular weight excluding hydrogens is 198 g/mol. The SMILES string of the molecule is CSc1cc(C)c(/C(N)=N/O)c(C)n1. The summed E-state index contributed by atoms with van der Waals surface area (Å²) in [5.74, 6) is 0.111. The van der Waals surface area contributed by atoms with Crippen molar-refractivity contribution in [1.29, 1.82) is 0 Å². The van der Waals surface area contributed by atoms with Gasteiger partial charge in [0.15, 0.2) is 5.84 Å². The van der Waals surface area contributed by atoms with Crippen LogP contribution in [0.3, 0.4) is 0 Å². The lowest BCUT2D eigenvalue weighted by molar-refractivity contribution is 0.318. The third kappa shape index (κ3) is 1.98. The summed E-state index contributed by atoms with van der Waals surface area (Å²) in [6.45, 7) is 3.77. The van der Waals surface area contributed by atoms with Crippen LogP contribution in [-0.4, -0.2) is 22.3 Å². The van der Waals surface area contributed by atoms with E-state index in [0.717, 1.165) is 16.3 Å². The van der Waals surface area contributed by atoms with Gasteiger partial charge in [-0.1, -0.05) is 5.16 Å². The first-order chi connectivity index (χ1) is 6.60. The van der Waals surface area contributed by atoms with Crippen LogP contribution < -0.4 is 5.73 Å². The Morgan fingerprint density at radius 2 is 2.21 bits per heavy atom. The normalized spacial score (nSPS) is 11.8. The zero-order valence-corrected chi connectivity index (χ0v) is 9.22. The van der Waals surface area contributed by atoms with E-state index >= 15 is 0 Å². The van der Waals surface area contributed by atoms with Crippen molar-refractivity contribution in [3.63, 3.8) is 0 Å². The van der Waals surface area contributed by atoms with Gasteiger partial charge in [0.05, 0.1) is 5.03 Å². The van der Waals surface area contributed by atoms with E-state index in [0.29, 0.717) is 5.56 Å². The fourth-order valence-electron chi connectivity index (χ4n) is 1.34. The molecule has 0 atom stereocenters. The van der Waals surface area contributed by atoms with Crippen LogP contribution in [0.1, 0.15) is 16.8 Å². The van der Waals surface area contributed by atoms with E-state index in [2.05, 4.69) is 10.1 Å². The molecule has 1 aromatic heterocycles. The Morgan fingerprint density at radius 1 is 1.57 bits per heavy atom. The lowest BCUT2D eigenvalue weighted by Gasteiger charge is -2.08. The largest absolute Gasteiger partial charge is 0.409 e. The third-order valence-electron chi connectivity index (χ3n) is 1.95. The Bertz CT molecular complexity index is 353. The number of thioether (sulfide) groups is 1. The van der Waals surface area contributed by atoms with Crippen LogP contribution in [-0.2, 0) is 0 Å². The number of aromatic nitrogens is 1. The molecule has 3 N–H and O–H groups in total. The van der Waals surface area contributed by atoms with E-state index in [1.165, 1.54) is 0 Å². The number of hydrogen-bond acceptors (Lipinski definition) is 4. The summed E-state index contributed by atoms with van der Waals surface area (Å²) in [5, 5.41) is 12.5. The number of hydrogen-bond donors (Lipinski definition) is 2. The quantitative estimate of drug-likeness (QED) is 0.256. The molecule has 0 amide bonds. The first-order valence-electron chi connectivity index (χ1n) is 4.10. The van der Waals surface area contributed by atoms with Gasteiger partial charge in [-0.3, -0.25) is 0 Å². The highest BCUT2D eigenvalue weighted by atomic mass is 32.2. The highest BCUT2D eigenvalue weighted by Gasteiger charge is 2.10. The molecular formula is C9H13N3OS. The number of nitrogens with zero attached hydrogens (tertiary/aromatic N) is 2. The van der Waals surface area contributed by atoms with Crippen LogP contribution in [0.15, 0.2) is 16.2 Å². The molecule has 0 unspecified atom stereocenters. The topological polar surface area (TPSA) is 71.5 Å². The number of rotatable bonds is 2. The van der Waals surface area contributed by atoms with Crippen molar-refractivity contribution in [3.8, 4) is 0 Å². The highest BCUT2D eigenvalue weighted by Crippen LogP contribution is 2.18. The van der Waals surface area contributed by atoms with Gasteiger partial charge in [0.1, 0.15) is 0 Å². The summed E-state index contributed by atoms with van der Waals surface area (Å²) in [5.41, 5.74) is 8.01. The molecule has 4 nitrogen and oxygen atoms in total. The van der Waals surface area contributed by atoms with Crippen molar-refractivity contribution in [1.82, 2.24) is 4.98 Å². The molecule has 14 heavy (non-hydrogen) atoms. The first kappa shape index (κ1) is 10.8. The van der Waals surface area contributed by atoms with Crippen LogP contribution in [0.25, 0.3) is 0 Å². The summed E-state index contributed by atoms with van der Waals surface area (Å²) in [4.78, 5) is 4.31. The molecule has 0 fully saturated rings. The van der Waals surface area contributed by atoms with Gasteiger partial charge in [-0.2, -0.15) is 0 Å². The van der Waals surface area contributed by atoms with Gasteiger partial charge in [-0.05, 0) is 31.7 Å². The average molecular weight is 211 g/mol. The summed E-state index contributed by atoms with van der Waals surface area (Å²) < 4.78 is 0. The van der Waals surface area contributed by atoms with Crippen molar-refractivity contribution in [3.05, 3.63) is 22.9 Å². The third-order valence-corrected chi connectivity index (χ3v) is 2.57. The number of oxime groups is 1. The van der Waals surface area contributed by atoms with E-state index in [9.17, 15) is 0 Å². The maximum atomic E-state index is 8.59. The Morgan fingerprint density at radius 3 is 2.64 bits per heavy atom. The average Bonchev–Trinajstić information content (AvgIpc) is 2.16. The smallest absolute Gasteiger partial charge is 0.172 e. The molecule has 1 aromatic rings. The van der Waals surface area contributed by atoms with Crippen LogP contribution in [0.4, 0.5) is 0 Å². The first-order valence-corrected chi connectivity index (χ1v) is 5.32. The highest BCUT2D eigenvalue weighted by molar-refractivity contribution is 7.98. The second kappa shape index (κ2) is 4.32. The van der Waals surface area contributed by atoms with Crippen LogP contribution in [0.2, 0.25) is 0 Å². The number of aryl methyl sites for hydroxylation is 2. The lowest BCUT2D eigenvalue weighted by Crippen LogP contribution is -2.17. The standard InChI is InChI=1S/C9H13N3OS/c1-5-4-7(14-3)11-6(2)8(5)9(10)12-13/h4,13H,1-3H3,(H2,10,12). The molecule has 0 saturated heterocycles. The molecule has 0 aliphatic rings. The molecule has 0 spiro atoms. The van der Waals surface area contributed by atoms with Crippen molar-refractivity contribution in [2.45, 2.75) is 18.9 Å². The molecule has 0 aliphatic carbocycles. The zero-order valence-electron chi connectivity index (χ0n) is 8.40. The number of pyridine rings is 1. The number of amidine groups is 1. The van der Waals surface area contributed by atoms with Gasteiger partial charge in [0.25, 0.3) is 0 Å². The van der Waals surface area contributed by atoms with Crippen LogP contribution in [0.5, 0.6) is 0 Å². The van der Waals surface area contributed by atoms with Gasteiger partial charge >= 0.3 is 0 Å². The van der Waals surface area contributed by atoms with Gasteiger partial charge in [-0.25, -0.2) is 4.98 Å². The fourth-order valence-corrected chi connectivity index (χ4v) is 1.86. The maximum Gasteiger partial charge on any atom is 0.172 e.